The van der Waals surface area contributed by atoms with E-state index in [-0.39, 0.29) is 30.0 Å². The third-order valence-electron chi connectivity index (χ3n) is 10.1. The first-order valence-electron chi connectivity index (χ1n) is 19.4. The second-order valence-corrected chi connectivity index (χ2v) is 15.2. The average molecular weight is 817 g/mol. The van der Waals surface area contributed by atoms with E-state index in [0.717, 1.165) is 22.3 Å². The van der Waals surface area contributed by atoms with Crippen LogP contribution in [0.25, 0.3) is 11.2 Å². The van der Waals surface area contributed by atoms with E-state index in [2.05, 4.69) is 20.3 Å². The predicted octanol–water partition coefficient (Wildman–Crippen LogP) is 5.74. The van der Waals surface area contributed by atoms with Crippen molar-refractivity contribution in [2.24, 2.45) is 0 Å². The molecule has 4 N–H and O–H groups in total. The number of nitrogen functional groups attached to an aromatic ring is 1. The number of aromatic nitrogens is 4. The number of imidazole rings is 1. The number of nitrogens with one attached hydrogen (secondary N) is 1. The van der Waals surface area contributed by atoms with E-state index in [1.165, 1.54) is 17.2 Å². The van der Waals surface area contributed by atoms with Crippen LogP contribution in [0.4, 0.5) is 10.6 Å². The number of ether oxygens (including phenoxy) is 6. The van der Waals surface area contributed by atoms with Gasteiger partial charge in [-0.3, -0.25) is 4.57 Å². The van der Waals surface area contributed by atoms with E-state index < -0.39 is 53.8 Å². The van der Waals surface area contributed by atoms with Crippen molar-refractivity contribution >= 4 is 29.0 Å². The molecule has 4 aromatic carbocycles. The summed E-state index contributed by atoms with van der Waals surface area (Å²) in [5, 5.41) is 14.9. The largest absolute Gasteiger partial charge is 0.497 e. The highest BCUT2D eigenvalue weighted by Crippen LogP contribution is 2.43. The van der Waals surface area contributed by atoms with Crippen molar-refractivity contribution in [3.05, 3.63) is 144 Å². The van der Waals surface area contributed by atoms with Crippen LogP contribution in [-0.4, -0.2) is 87.5 Å². The highest BCUT2D eigenvalue weighted by Gasteiger charge is 2.50. The van der Waals surface area contributed by atoms with E-state index in [0.29, 0.717) is 11.5 Å². The second kappa shape index (κ2) is 17.7. The van der Waals surface area contributed by atoms with Gasteiger partial charge in [-0.2, -0.15) is 0 Å². The number of anilines is 1. The summed E-state index contributed by atoms with van der Waals surface area (Å²) in [6.45, 7) is 4.96. The number of rotatable bonds is 14. The monoisotopic (exact) mass is 816 g/mol. The fraction of sp³-hybridized carbons (Fsp3) is 0.311. The molecule has 1 saturated heterocycles. The lowest BCUT2D eigenvalue weighted by atomic mass is 9.80. The number of fused-ring (bicyclic) bond motifs is 1. The fourth-order valence-corrected chi connectivity index (χ4v) is 7.25. The lowest BCUT2D eigenvalue weighted by Crippen LogP contribution is -2.48. The molecule has 3 heterocycles. The Bertz CT molecular complexity index is 2320. The molecule has 1 fully saturated rings. The number of alkyl carbamates (subject to hydrolysis) is 1. The Morgan fingerprint density at radius 2 is 1.42 bits per heavy atom. The first-order valence-corrected chi connectivity index (χ1v) is 19.4. The smallest absolute Gasteiger partial charge is 0.408 e. The zero-order valence-corrected chi connectivity index (χ0v) is 33.9. The molecule has 0 saturated carbocycles. The number of aliphatic hydroxyl groups is 1. The lowest BCUT2D eigenvalue weighted by Gasteiger charge is -2.37. The number of benzene rings is 4. The summed E-state index contributed by atoms with van der Waals surface area (Å²) >= 11 is 0. The molecule has 0 spiro atoms. The number of esters is 1. The topological polar surface area (TPSA) is 191 Å². The number of hydrogen-bond acceptors (Lipinski definition) is 13. The van der Waals surface area contributed by atoms with Gasteiger partial charge in [0.1, 0.15) is 52.8 Å². The van der Waals surface area contributed by atoms with Crippen molar-refractivity contribution in [1.82, 2.24) is 24.8 Å². The molecule has 312 valence electrons. The minimum absolute atomic E-state index is 0.0703. The molecule has 1 aliphatic heterocycles. The zero-order valence-electron chi connectivity index (χ0n) is 33.9. The average Bonchev–Trinajstić information content (AvgIpc) is 3.82. The number of methoxy groups -OCH3 is 2. The fourth-order valence-electron chi connectivity index (χ4n) is 7.25. The molecule has 1 amide bonds. The van der Waals surface area contributed by atoms with Gasteiger partial charge in [0.25, 0.3) is 0 Å². The highest BCUT2D eigenvalue weighted by atomic mass is 16.6. The van der Waals surface area contributed by atoms with Crippen LogP contribution in [0.15, 0.2) is 122 Å². The molecule has 15 heteroatoms. The van der Waals surface area contributed by atoms with Gasteiger partial charge in [-0.15, -0.1) is 0 Å². The van der Waals surface area contributed by atoms with Gasteiger partial charge in [-0.1, -0.05) is 84.9 Å². The maximum absolute atomic E-state index is 14.3. The van der Waals surface area contributed by atoms with Gasteiger partial charge in [0.2, 0.25) is 0 Å². The van der Waals surface area contributed by atoms with Crippen molar-refractivity contribution in [1.29, 1.82) is 0 Å². The summed E-state index contributed by atoms with van der Waals surface area (Å²) in [6.07, 6.45) is -3.11. The number of nitrogens with zero attached hydrogens (tertiary/aromatic N) is 4. The van der Waals surface area contributed by atoms with Crippen LogP contribution in [-0.2, 0) is 35.8 Å². The normalized spacial score (nSPS) is 18.4. The van der Waals surface area contributed by atoms with E-state index in [1.54, 1.807) is 35.0 Å². The quantitative estimate of drug-likeness (QED) is 0.0892. The van der Waals surface area contributed by atoms with Crippen LogP contribution in [0.3, 0.4) is 0 Å². The van der Waals surface area contributed by atoms with E-state index in [1.807, 2.05) is 109 Å². The molecular formula is C45H48N6O9. The molecule has 0 unspecified atom stereocenters. The maximum Gasteiger partial charge on any atom is 0.408 e. The van der Waals surface area contributed by atoms with Gasteiger partial charge >= 0.3 is 12.1 Å². The van der Waals surface area contributed by atoms with Gasteiger partial charge in [-0.05, 0) is 67.3 Å². The van der Waals surface area contributed by atoms with Crippen LogP contribution in [0.5, 0.6) is 11.5 Å². The Balaban J connectivity index is 1.26. The van der Waals surface area contributed by atoms with E-state index in [9.17, 15) is 14.7 Å². The summed E-state index contributed by atoms with van der Waals surface area (Å²) < 4.78 is 37.9. The Morgan fingerprint density at radius 1 is 0.833 bits per heavy atom. The zero-order chi connectivity index (χ0) is 42.4. The van der Waals surface area contributed by atoms with Crippen molar-refractivity contribution < 1.29 is 43.1 Å². The Morgan fingerprint density at radius 3 is 2.00 bits per heavy atom. The van der Waals surface area contributed by atoms with Crippen molar-refractivity contribution in [2.45, 2.75) is 69.0 Å². The third-order valence-corrected chi connectivity index (χ3v) is 10.1. The van der Waals surface area contributed by atoms with Gasteiger partial charge in [0.05, 0.1) is 27.2 Å². The Kier molecular flexibility index (Phi) is 12.3. The van der Waals surface area contributed by atoms with Crippen molar-refractivity contribution in [2.75, 3.05) is 26.6 Å². The van der Waals surface area contributed by atoms with E-state index in [4.69, 9.17) is 34.2 Å². The Hall–Kier alpha value is -6.55. The second-order valence-electron chi connectivity index (χ2n) is 15.2. The summed E-state index contributed by atoms with van der Waals surface area (Å²) in [7, 11) is 3.19. The SMILES string of the molecule is COc1ccc(C(OC[C@H]2O[C@@H](n3cnc4c(N)ncnc43)[C@H](OC(=O)[C@H](Cc3ccccc3)NC(=O)OC(C)(C)C)[C@@H]2O)(c2ccccc2)c2ccc(OC)cc2)cc1. The summed E-state index contributed by atoms with van der Waals surface area (Å²) in [5.41, 5.74) is 7.69. The van der Waals surface area contributed by atoms with Gasteiger partial charge in [0, 0.05) is 6.42 Å². The molecular weight excluding hydrogens is 769 g/mol. The summed E-state index contributed by atoms with van der Waals surface area (Å²) in [4.78, 5) is 40.2. The number of nitrogens with two attached hydrogens (primary N) is 1. The van der Waals surface area contributed by atoms with Gasteiger partial charge in [-0.25, -0.2) is 24.5 Å². The number of aliphatic hydroxyl groups excluding tert-OH is 1. The van der Waals surface area contributed by atoms with Crippen LogP contribution >= 0.6 is 0 Å². The van der Waals surface area contributed by atoms with Crippen LogP contribution < -0.4 is 20.5 Å². The van der Waals surface area contributed by atoms with Gasteiger partial charge < -0.3 is 44.6 Å². The number of amides is 1. The molecule has 5 atom stereocenters. The molecule has 0 radical (unpaired) electrons. The van der Waals surface area contributed by atoms with Crippen LogP contribution in [0.1, 0.15) is 49.3 Å². The molecule has 7 rings (SSSR count). The van der Waals surface area contributed by atoms with E-state index >= 15 is 0 Å². The third kappa shape index (κ3) is 8.88. The van der Waals surface area contributed by atoms with Crippen molar-refractivity contribution in [3.63, 3.8) is 0 Å². The Labute approximate surface area is 347 Å². The first-order chi connectivity index (χ1) is 28.9. The highest BCUT2D eigenvalue weighted by molar-refractivity contribution is 5.82. The summed E-state index contributed by atoms with van der Waals surface area (Å²) in [5.74, 6) is 0.599. The minimum Gasteiger partial charge on any atom is -0.497 e. The van der Waals surface area contributed by atoms with Gasteiger partial charge in [0.15, 0.2) is 23.8 Å². The molecule has 0 aliphatic carbocycles. The molecule has 15 nitrogen and oxygen atoms in total. The lowest BCUT2D eigenvalue weighted by molar-refractivity contribution is -0.161. The first kappa shape index (κ1) is 41.6. The van der Waals surface area contributed by atoms with Crippen LogP contribution in [0.2, 0.25) is 0 Å². The number of carbonyl (C=O) groups excluding carboxylic acids is 2. The summed E-state index contributed by atoms with van der Waals surface area (Å²) in [6, 6.07) is 32.7. The van der Waals surface area contributed by atoms with Crippen molar-refractivity contribution in [3.8, 4) is 11.5 Å². The van der Waals surface area contributed by atoms with Crippen LogP contribution in [0, 0.1) is 0 Å². The molecule has 60 heavy (non-hydrogen) atoms. The maximum atomic E-state index is 14.3. The number of carbonyl (C=O) groups is 2. The minimum atomic E-state index is -1.46. The molecule has 6 aromatic rings. The molecule has 0 bridgehead atoms. The predicted molar refractivity (Wildman–Crippen MR) is 221 cm³/mol. The molecule has 2 aromatic heterocycles. The molecule has 1 aliphatic rings. The standard InChI is InChI=1S/C45H48N6O9/c1-44(2,3)60-43(54)50-34(24-28-12-8-6-9-13-28)42(53)59-38-37(52)35(58-41(38)51-27-49-36-39(46)47-26-48-40(36)51)25-57-45(29-14-10-7-11-15-29,30-16-20-32(55-4)21-17-30)31-18-22-33(56-5)23-19-31/h6-23,26-27,34-35,37-38,41,52H,24-25H2,1-5H3,(H,50,54)(H2,46,47,48)/t34-,35+,37+,38+,41+/m0/s1. The number of hydrogen-bond donors (Lipinski definition) is 3.